The third kappa shape index (κ3) is 5.98. The van der Waals surface area contributed by atoms with Gasteiger partial charge in [0.15, 0.2) is 6.61 Å². The zero-order valence-corrected chi connectivity index (χ0v) is 23.8. The summed E-state index contributed by atoms with van der Waals surface area (Å²) in [5, 5.41) is 16.8. The zero-order chi connectivity index (χ0) is 27.2. The van der Waals surface area contributed by atoms with E-state index in [0.717, 1.165) is 69.6 Å². The van der Waals surface area contributed by atoms with Crippen molar-refractivity contribution >= 4 is 43.6 Å². The molecule has 0 radical (unpaired) electrons. The monoisotopic (exact) mass is 589 g/mol. The number of H-pyrrole nitrogens is 1. The molecule has 2 heterocycles. The van der Waals surface area contributed by atoms with Crippen molar-refractivity contribution in [2.75, 3.05) is 6.54 Å². The molecule has 39 heavy (non-hydrogen) atoms. The molecule has 8 nitrogen and oxygen atoms in total. The number of aromatic nitrogens is 4. The van der Waals surface area contributed by atoms with E-state index in [9.17, 15) is 4.79 Å². The second-order valence-electron chi connectivity index (χ2n) is 9.63. The van der Waals surface area contributed by atoms with Crippen LogP contribution >= 0.6 is 15.9 Å². The van der Waals surface area contributed by atoms with E-state index in [0.29, 0.717) is 30.2 Å². The maximum Gasteiger partial charge on any atom is 0.258 e. The van der Waals surface area contributed by atoms with Crippen molar-refractivity contribution in [3.05, 3.63) is 81.8 Å². The Morgan fingerprint density at radius 2 is 1.90 bits per heavy atom. The first-order chi connectivity index (χ1) is 19.1. The van der Waals surface area contributed by atoms with E-state index in [1.807, 2.05) is 41.3 Å². The van der Waals surface area contributed by atoms with Gasteiger partial charge in [-0.1, -0.05) is 68.3 Å². The van der Waals surface area contributed by atoms with Crippen molar-refractivity contribution in [1.29, 1.82) is 0 Å². The zero-order valence-electron chi connectivity index (χ0n) is 22.2. The van der Waals surface area contributed by atoms with E-state index >= 15 is 0 Å². The highest BCUT2D eigenvalue weighted by atomic mass is 79.9. The van der Waals surface area contributed by atoms with Crippen LogP contribution in [-0.4, -0.2) is 38.0 Å². The van der Waals surface area contributed by atoms with Gasteiger partial charge in [0.2, 0.25) is 5.82 Å². The lowest BCUT2D eigenvalue weighted by Crippen LogP contribution is -2.32. The largest absolute Gasteiger partial charge is 0.484 e. The van der Waals surface area contributed by atoms with Crippen LogP contribution in [-0.2, 0) is 19.6 Å². The molecule has 5 aromatic rings. The number of tetrazole rings is 1. The van der Waals surface area contributed by atoms with Crippen molar-refractivity contribution in [1.82, 2.24) is 25.5 Å². The maximum absolute atomic E-state index is 14.1. The van der Waals surface area contributed by atoms with Crippen molar-refractivity contribution in [2.45, 2.75) is 59.1 Å². The number of hydrogen-bond donors (Lipinski definition) is 1. The standard InChI is InChI=1S/C30H32BrN5O3/c1-3-5-10-25-28(23-9-7-8-11-24(23)39-25)30(37)36(16-6-4-2)18-20-12-14-22-21(17-20)13-15-26(29(22)31)38-19-27-32-34-35-33-27/h7-9,11-15,17H,3-6,10,16,18-19H2,1-2H3,(H,32,33,34,35). The molecule has 0 atom stereocenters. The number of amides is 1. The van der Waals surface area contributed by atoms with E-state index in [2.05, 4.69) is 68.6 Å². The molecule has 5 rings (SSSR count). The van der Waals surface area contributed by atoms with Crippen LogP contribution in [0, 0.1) is 0 Å². The summed E-state index contributed by atoms with van der Waals surface area (Å²) in [6.07, 6.45) is 4.73. The predicted molar refractivity (Wildman–Crippen MR) is 155 cm³/mol. The minimum atomic E-state index is 0.0333. The number of hydrogen-bond acceptors (Lipinski definition) is 6. The highest BCUT2D eigenvalue weighted by Gasteiger charge is 2.25. The molecule has 9 heteroatoms. The lowest BCUT2D eigenvalue weighted by Gasteiger charge is -2.23. The van der Waals surface area contributed by atoms with Gasteiger partial charge in [-0.15, -0.1) is 10.2 Å². The second kappa shape index (κ2) is 12.4. The van der Waals surface area contributed by atoms with E-state index in [4.69, 9.17) is 9.15 Å². The van der Waals surface area contributed by atoms with E-state index in [1.165, 1.54) is 0 Å². The Kier molecular flexibility index (Phi) is 8.56. The van der Waals surface area contributed by atoms with Crippen LogP contribution in [0.2, 0.25) is 0 Å². The summed E-state index contributed by atoms with van der Waals surface area (Å²) in [7, 11) is 0. The van der Waals surface area contributed by atoms with Gasteiger partial charge in [0, 0.05) is 24.9 Å². The Labute approximate surface area is 235 Å². The average Bonchev–Trinajstić information content (AvgIpc) is 3.61. The lowest BCUT2D eigenvalue weighted by atomic mass is 10.0. The topological polar surface area (TPSA) is 97.1 Å². The molecular weight excluding hydrogens is 558 g/mol. The van der Waals surface area contributed by atoms with Crippen molar-refractivity contribution in [2.24, 2.45) is 0 Å². The summed E-state index contributed by atoms with van der Waals surface area (Å²) < 4.78 is 12.9. The summed E-state index contributed by atoms with van der Waals surface area (Å²) in [4.78, 5) is 16.0. The first-order valence-corrected chi connectivity index (χ1v) is 14.2. The van der Waals surface area contributed by atoms with Gasteiger partial charge in [0.05, 0.1) is 10.0 Å². The number of unbranched alkanes of at least 4 members (excludes halogenated alkanes) is 2. The van der Waals surface area contributed by atoms with Gasteiger partial charge in [-0.25, -0.2) is 0 Å². The molecule has 202 valence electrons. The Morgan fingerprint density at radius 3 is 2.69 bits per heavy atom. The number of para-hydroxylation sites is 1. The number of aromatic amines is 1. The number of aryl methyl sites for hydroxylation is 1. The van der Waals surface area contributed by atoms with Crippen molar-refractivity contribution in [3.63, 3.8) is 0 Å². The number of ether oxygens (including phenoxy) is 1. The van der Waals surface area contributed by atoms with E-state index in [-0.39, 0.29) is 12.5 Å². The fraction of sp³-hybridized carbons (Fsp3) is 0.333. The minimum absolute atomic E-state index is 0.0333. The van der Waals surface area contributed by atoms with Gasteiger partial charge in [-0.3, -0.25) is 4.79 Å². The molecule has 0 aliphatic carbocycles. The third-order valence-electron chi connectivity index (χ3n) is 6.81. The number of rotatable bonds is 12. The van der Waals surface area contributed by atoms with Crippen LogP contribution in [0.1, 0.15) is 67.0 Å². The van der Waals surface area contributed by atoms with Gasteiger partial charge in [0.1, 0.15) is 17.1 Å². The molecule has 0 saturated carbocycles. The van der Waals surface area contributed by atoms with E-state index in [1.54, 1.807) is 0 Å². The third-order valence-corrected chi connectivity index (χ3v) is 7.63. The molecule has 3 aromatic carbocycles. The van der Waals surface area contributed by atoms with Gasteiger partial charge in [-0.05, 0) is 63.3 Å². The number of furan rings is 1. The van der Waals surface area contributed by atoms with Crippen molar-refractivity contribution in [3.8, 4) is 5.75 Å². The van der Waals surface area contributed by atoms with Gasteiger partial charge >= 0.3 is 0 Å². The molecule has 0 fully saturated rings. The molecule has 0 bridgehead atoms. The van der Waals surface area contributed by atoms with Crippen LogP contribution in [0.4, 0.5) is 0 Å². The number of carbonyl (C=O) groups excluding carboxylic acids is 1. The van der Waals surface area contributed by atoms with Gasteiger partial charge in [0.25, 0.3) is 5.91 Å². The fourth-order valence-electron chi connectivity index (χ4n) is 4.74. The Bertz CT molecular complexity index is 1560. The number of nitrogens with one attached hydrogen (secondary N) is 1. The fourth-order valence-corrected chi connectivity index (χ4v) is 5.35. The van der Waals surface area contributed by atoms with Gasteiger partial charge in [-0.2, -0.15) is 5.21 Å². The maximum atomic E-state index is 14.1. The number of halogens is 1. The number of carbonyl (C=O) groups is 1. The van der Waals surface area contributed by atoms with Crippen LogP contribution in [0.15, 0.2) is 63.5 Å². The number of fused-ring (bicyclic) bond motifs is 2. The molecule has 0 aliphatic rings. The predicted octanol–water partition coefficient (Wildman–Crippen LogP) is 7.23. The number of nitrogens with zero attached hydrogens (tertiary/aromatic N) is 4. The molecule has 0 unspecified atom stereocenters. The summed E-state index contributed by atoms with van der Waals surface area (Å²) in [5.41, 5.74) is 2.56. The summed E-state index contributed by atoms with van der Waals surface area (Å²) in [6.45, 7) is 5.73. The minimum Gasteiger partial charge on any atom is -0.484 e. The molecule has 0 saturated heterocycles. The normalized spacial score (nSPS) is 11.4. The first-order valence-electron chi connectivity index (χ1n) is 13.4. The first kappa shape index (κ1) is 26.9. The Hall–Kier alpha value is -3.72. The number of benzene rings is 3. The SMILES string of the molecule is CCCCc1oc2ccccc2c1C(=O)N(CCCC)Cc1ccc2c(Br)c(OCc3nn[nH]n3)ccc2c1. The molecular formula is C30H32BrN5O3. The summed E-state index contributed by atoms with van der Waals surface area (Å²) in [6, 6.07) is 18.1. The summed E-state index contributed by atoms with van der Waals surface area (Å²) >= 11 is 3.69. The second-order valence-corrected chi connectivity index (χ2v) is 10.4. The van der Waals surface area contributed by atoms with Crippen LogP contribution in [0.25, 0.3) is 21.7 Å². The molecule has 0 spiro atoms. The average molecular weight is 591 g/mol. The lowest BCUT2D eigenvalue weighted by molar-refractivity contribution is 0.0740. The van der Waals surface area contributed by atoms with Crippen LogP contribution < -0.4 is 4.74 Å². The van der Waals surface area contributed by atoms with Crippen LogP contribution in [0.5, 0.6) is 5.75 Å². The van der Waals surface area contributed by atoms with Gasteiger partial charge < -0.3 is 14.1 Å². The van der Waals surface area contributed by atoms with Crippen LogP contribution in [0.3, 0.4) is 0 Å². The quantitative estimate of drug-likeness (QED) is 0.165. The highest BCUT2D eigenvalue weighted by molar-refractivity contribution is 9.10. The summed E-state index contributed by atoms with van der Waals surface area (Å²) in [5.74, 6) is 2.01. The molecule has 1 amide bonds. The van der Waals surface area contributed by atoms with Crippen molar-refractivity contribution < 1.29 is 13.9 Å². The Morgan fingerprint density at radius 1 is 1.05 bits per heavy atom. The Balaban J connectivity index is 1.41. The van der Waals surface area contributed by atoms with E-state index < -0.39 is 0 Å². The smallest absolute Gasteiger partial charge is 0.258 e. The molecule has 2 aromatic heterocycles. The molecule has 0 aliphatic heterocycles. The highest BCUT2D eigenvalue weighted by Crippen LogP contribution is 2.35. The molecule has 1 N–H and O–H groups in total.